The lowest BCUT2D eigenvalue weighted by Crippen LogP contribution is -2.52. The van der Waals surface area contributed by atoms with Crippen molar-refractivity contribution in [2.24, 2.45) is 5.92 Å². The van der Waals surface area contributed by atoms with Crippen LogP contribution in [0.3, 0.4) is 0 Å². The number of amides is 1. The molecule has 2 aromatic heterocycles. The standard InChI is InChI=1S/C22H25N3OS/c1-15-13-25-20(14-27-22(25)23-15)21(26)24-12-11-17(16-7-3-2-4-8-16)18-9-5-6-10-19(18)24/h2-4,7-8,13-14,17-19H,5-6,9-12H2,1H3/t17-,18-,19-/m1/s1. The second kappa shape index (κ2) is 6.79. The van der Waals surface area contributed by atoms with Crippen molar-refractivity contribution in [2.75, 3.05) is 6.54 Å². The van der Waals surface area contributed by atoms with E-state index < -0.39 is 0 Å². The molecule has 1 amide bonds. The lowest BCUT2D eigenvalue weighted by atomic mass is 9.69. The Morgan fingerprint density at radius 2 is 1.96 bits per heavy atom. The van der Waals surface area contributed by atoms with Crippen molar-refractivity contribution in [1.82, 2.24) is 14.3 Å². The smallest absolute Gasteiger partial charge is 0.272 e. The number of hydrogen-bond donors (Lipinski definition) is 0. The molecule has 0 spiro atoms. The number of aromatic nitrogens is 2. The molecule has 4 nitrogen and oxygen atoms in total. The number of rotatable bonds is 2. The van der Waals surface area contributed by atoms with Crippen LogP contribution in [0.5, 0.6) is 0 Å². The Kier molecular flexibility index (Phi) is 4.27. The first-order valence-corrected chi connectivity index (χ1v) is 10.9. The second-order valence-electron chi connectivity index (χ2n) is 7.98. The van der Waals surface area contributed by atoms with Crippen LogP contribution in [0.15, 0.2) is 41.9 Å². The lowest BCUT2D eigenvalue weighted by Gasteiger charge is -2.48. The van der Waals surface area contributed by atoms with Gasteiger partial charge in [-0.25, -0.2) is 4.98 Å². The summed E-state index contributed by atoms with van der Waals surface area (Å²) in [5.74, 6) is 1.35. The van der Waals surface area contributed by atoms with Gasteiger partial charge in [-0.05, 0) is 43.6 Å². The molecule has 1 aliphatic heterocycles. The molecule has 3 aromatic rings. The van der Waals surface area contributed by atoms with Crippen molar-refractivity contribution in [2.45, 2.75) is 51.0 Å². The van der Waals surface area contributed by atoms with Crippen LogP contribution in [0.4, 0.5) is 0 Å². The van der Waals surface area contributed by atoms with Gasteiger partial charge in [-0.3, -0.25) is 9.20 Å². The first-order valence-electron chi connectivity index (χ1n) is 10.0. The molecule has 0 N–H and O–H groups in total. The Hall–Kier alpha value is -2.14. The molecule has 2 aliphatic rings. The van der Waals surface area contributed by atoms with Gasteiger partial charge in [0.1, 0.15) is 5.69 Å². The highest BCUT2D eigenvalue weighted by Crippen LogP contribution is 2.44. The van der Waals surface area contributed by atoms with Crippen LogP contribution in [0.25, 0.3) is 4.96 Å². The predicted molar refractivity (Wildman–Crippen MR) is 108 cm³/mol. The van der Waals surface area contributed by atoms with Gasteiger partial charge in [-0.2, -0.15) is 0 Å². The van der Waals surface area contributed by atoms with Gasteiger partial charge in [-0.1, -0.05) is 43.2 Å². The Morgan fingerprint density at radius 1 is 1.15 bits per heavy atom. The summed E-state index contributed by atoms with van der Waals surface area (Å²) in [5, 5.41) is 1.98. The summed E-state index contributed by atoms with van der Waals surface area (Å²) in [7, 11) is 0. The molecule has 0 unspecified atom stereocenters. The Balaban J connectivity index is 1.46. The van der Waals surface area contributed by atoms with Crippen LogP contribution in [0, 0.1) is 12.8 Å². The maximum absolute atomic E-state index is 13.5. The fourth-order valence-corrected chi connectivity index (χ4v) is 6.11. The van der Waals surface area contributed by atoms with E-state index in [0.717, 1.165) is 35.7 Å². The molecule has 1 aliphatic carbocycles. The number of piperidine rings is 1. The van der Waals surface area contributed by atoms with Gasteiger partial charge < -0.3 is 4.90 Å². The third-order valence-corrected chi connectivity index (χ3v) is 7.26. The van der Waals surface area contributed by atoms with Gasteiger partial charge in [0, 0.05) is 24.2 Å². The number of carbonyl (C=O) groups excluding carboxylic acids is 1. The quantitative estimate of drug-likeness (QED) is 0.635. The van der Waals surface area contributed by atoms with Gasteiger partial charge >= 0.3 is 0 Å². The van der Waals surface area contributed by atoms with E-state index in [1.807, 2.05) is 22.9 Å². The van der Waals surface area contributed by atoms with Gasteiger partial charge in [0.05, 0.1) is 5.69 Å². The summed E-state index contributed by atoms with van der Waals surface area (Å²) in [5.41, 5.74) is 3.19. The first kappa shape index (κ1) is 17.0. The molecule has 0 bridgehead atoms. The summed E-state index contributed by atoms with van der Waals surface area (Å²) in [6, 6.07) is 11.3. The Labute approximate surface area is 163 Å². The maximum Gasteiger partial charge on any atom is 0.272 e. The van der Waals surface area contributed by atoms with Crippen LogP contribution < -0.4 is 0 Å². The van der Waals surface area contributed by atoms with Crippen molar-refractivity contribution < 1.29 is 4.79 Å². The molecule has 1 aromatic carbocycles. The molecule has 1 saturated carbocycles. The fourth-order valence-electron chi connectivity index (χ4n) is 5.22. The van der Waals surface area contributed by atoms with Crippen LogP contribution >= 0.6 is 11.3 Å². The van der Waals surface area contributed by atoms with E-state index in [1.165, 1.54) is 24.8 Å². The normalized spacial score (nSPS) is 25.5. The highest BCUT2D eigenvalue weighted by Gasteiger charge is 2.42. The number of thiazole rings is 1. The van der Waals surface area contributed by atoms with Gasteiger partial charge in [-0.15, -0.1) is 11.3 Å². The molecule has 3 atom stereocenters. The Bertz CT molecular complexity index is 961. The molecular formula is C22H25N3OS. The predicted octanol–water partition coefficient (Wildman–Crippen LogP) is 4.89. The van der Waals surface area contributed by atoms with Crippen LogP contribution in [0.2, 0.25) is 0 Å². The van der Waals surface area contributed by atoms with Crippen molar-refractivity contribution in [3.63, 3.8) is 0 Å². The molecule has 3 heterocycles. The zero-order valence-corrected chi connectivity index (χ0v) is 16.5. The van der Waals surface area contributed by atoms with Crippen molar-refractivity contribution in [3.8, 4) is 0 Å². The minimum atomic E-state index is 0.182. The van der Waals surface area contributed by atoms with E-state index in [4.69, 9.17) is 0 Å². The third kappa shape index (κ3) is 2.89. The number of aryl methyl sites for hydroxylation is 1. The number of imidazole rings is 1. The number of benzene rings is 1. The lowest BCUT2D eigenvalue weighted by molar-refractivity contribution is 0.0313. The summed E-state index contributed by atoms with van der Waals surface area (Å²) >= 11 is 1.56. The number of fused-ring (bicyclic) bond motifs is 2. The minimum Gasteiger partial charge on any atom is -0.334 e. The minimum absolute atomic E-state index is 0.182. The van der Waals surface area contributed by atoms with Crippen molar-refractivity contribution in [1.29, 1.82) is 0 Å². The monoisotopic (exact) mass is 379 g/mol. The third-order valence-electron chi connectivity index (χ3n) is 6.42. The summed E-state index contributed by atoms with van der Waals surface area (Å²) in [6.45, 7) is 2.83. The van der Waals surface area contributed by atoms with E-state index >= 15 is 0 Å². The van der Waals surface area contributed by atoms with Gasteiger partial charge in [0.25, 0.3) is 5.91 Å². The van der Waals surface area contributed by atoms with Gasteiger partial charge in [0.2, 0.25) is 0 Å². The average Bonchev–Trinajstić information content (AvgIpc) is 3.26. The van der Waals surface area contributed by atoms with Crippen LogP contribution in [-0.4, -0.2) is 32.8 Å². The van der Waals surface area contributed by atoms with E-state index in [1.54, 1.807) is 11.3 Å². The molecule has 0 radical (unpaired) electrons. The maximum atomic E-state index is 13.5. The number of carbonyl (C=O) groups is 1. The van der Waals surface area contributed by atoms with Gasteiger partial charge in [0.15, 0.2) is 4.96 Å². The van der Waals surface area contributed by atoms with E-state index in [9.17, 15) is 4.79 Å². The molecular weight excluding hydrogens is 354 g/mol. The highest BCUT2D eigenvalue weighted by molar-refractivity contribution is 7.15. The van der Waals surface area contributed by atoms with Crippen LogP contribution in [0.1, 0.15) is 59.8 Å². The molecule has 1 saturated heterocycles. The number of nitrogens with zero attached hydrogens (tertiary/aromatic N) is 3. The summed E-state index contributed by atoms with van der Waals surface area (Å²) in [6.07, 6.45) is 7.93. The second-order valence-corrected chi connectivity index (χ2v) is 8.81. The van der Waals surface area contributed by atoms with Crippen molar-refractivity contribution in [3.05, 3.63) is 58.9 Å². The Morgan fingerprint density at radius 3 is 2.81 bits per heavy atom. The molecule has 5 rings (SSSR count). The van der Waals surface area contributed by atoms with E-state index in [0.29, 0.717) is 17.9 Å². The molecule has 27 heavy (non-hydrogen) atoms. The molecule has 140 valence electrons. The fraction of sp³-hybridized carbons (Fsp3) is 0.455. The zero-order chi connectivity index (χ0) is 18.4. The van der Waals surface area contributed by atoms with Crippen LogP contribution in [-0.2, 0) is 0 Å². The van der Waals surface area contributed by atoms with E-state index in [2.05, 4.69) is 40.2 Å². The summed E-state index contributed by atoms with van der Waals surface area (Å²) in [4.78, 5) is 21.1. The van der Waals surface area contributed by atoms with E-state index in [-0.39, 0.29) is 5.91 Å². The highest BCUT2D eigenvalue weighted by atomic mass is 32.1. The molecule has 5 heteroatoms. The number of likely N-dealkylation sites (tertiary alicyclic amines) is 1. The molecule has 2 fully saturated rings. The summed E-state index contributed by atoms with van der Waals surface area (Å²) < 4.78 is 1.98. The average molecular weight is 380 g/mol. The zero-order valence-electron chi connectivity index (χ0n) is 15.7. The topological polar surface area (TPSA) is 37.6 Å². The largest absolute Gasteiger partial charge is 0.334 e. The van der Waals surface area contributed by atoms with Crippen molar-refractivity contribution >= 4 is 22.2 Å². The SMILES string of the molecule is Cc1cn2c(C(=O)N3CC[C@H](c4ccccc4)[C@H]4CCCC[C@H]43)csc2n1. The number of hydrogen-bond acceptors (Lipinski definition) is 3. The first-order chi connectivity index (χ1) is 13.2.